The first-order chi connectivity index (χ1) is 7.79. The van der Waals surface area contributed by atoms with E-state index in [2.05, 4.69) is 26.6 Å². The average Bonchev–Trinajstić information content (AvgIpc) is 2.81. The van der Waals surface area contributed by atoms with Gasteiger partial charge in [-0.2, -0.15) is 0 Å². The first-order valence-electron chi connectivity index (χ1n) is 5.60. The smallest absolute Gasteiger partial charge is 0.121 e. The number of anilines is 1. The Hall–Kier alpha value is -0.740. The van der Waals surface area contributed by atoms with E-state index >= 15 is 0 Å². The fraction of sp³-hybridized carbons (Fsp3) is 0.500. The lowest BCUT2D eigenvalue weighted by atomic mass is 10.2. The van der Waals surface area contributed by atoms with Crippen molar-refractivity contribution >= 4 is 21.6 Å². The van der Waals surface area contributed by atoms with Gasteiger partial charge >= 0.3 is 0 Å². The maximum atomic E-state index is 5.21. The summed E-state index contributed by atoms with van der Waals surface area (Å²) < 4.78 is 6.28. The lowest BCUT2D eigenvalue weighted by molar-refractivity contribution is 0.415. The molecule has 2 rings (SSSR count). The quantitative estimate of drug-likeness (QED) is 0.892. The van der Waals surface area contributed by atoms with Crippen LogP contribution in [0.4, 0.5) is 5.69 Å². The molecule has 1 aliphatic rings. The maximum absolute atomic E-state index is 5.21. The van der Waals surface area contributed by atoms with E-state index in [1.165, 1.54) is 12.8 Å². The predicted molar refractivity (Wildman–Crippen MR) is 70.2 cm³/mol. The third-order valence-corrected chi connectivity index (χ3v) is 3.57. The molecule has 4 heteroatoms. The molecular weight excluding hydrogens is 268 g/mol. The van der Waals surface area contributed by atoms with Gasteiger partial charge in [0.15, 0.2) is 0 Å². The van der Waals surface area contributed by atoms with E-state index in [0.29, 0.717) is 6.04 Å². The van der Waals surface area contributed by atoms with Crippen molar-refractivity contribution in [3.05, 3.63) is 22.7 Å². The second-order valence-corrected chi connectivity index (χ2v) is 4.87. The zero-order valence-electron chi connectivity index (χ0n) is 9.42. The van der Waals surface area contributed by atoms with Gasteiger partial charge in [0.05, 0.1) is 12.8 Å². The Bertz CT molecular complexity index is 351. The van der Waals surface area contributed by atoms with Crippen molar-refractivity contribution in [2.24, 2.45) is 0 Å². The number of hydrogen-bond acceptors (Lipinski definition) is 3. The van der Waals surface area contributed by atoms with Crippen molar-refractivity contribution in [1.82, 2.24) is 5.32 Å². The molecule has 1 saturated heterocycles. The SMILES string of the molecule is COc1ccc(Br)c(NCC2CCCN2)c1. The topological polar surface area (TPSA) is 33.3 Å². The van der Waals surface area contributed by atoms with E-state index in [1.807, 2.05) is 18.2 Å². The van der Waals surface area contributed by atoms with Crippen LogP contribution in [0.1, 0.15) is 12.8 Å². The van der Waals surface area contributed by atoms with Crippen LogP contribution in [-0.4, -0.2) is 26.2 Å². The number of halogens is 1. The highest BCUT2D eigenvalue weighted by Crippen LogP contribution is 2.27. The van der Waals surface area contributed by atoms with Gasteiger partial charge in [-0.05, 0) is 47.4 Å². The molecule has 0 radical (unpaired) electrons. The molecule has 1 unspecified atom stereocenters. The number of benzene rings is 1. The van der Waals surface area contributed by atoms with Gasteiger partial charge in [-0.1, -0.05) is 0 Å². The van der Waals surface area contributed by atoms with Crippen LogP contribution >= 0.6 is 15.9 Å². The second kappa shape index (κ2) is 5.55. The third-order valence-electron chi connectivity index (χ3n) is 2.87. The van der Waals surface area contributed by atoms with Gasteiger partial charge < -0.3 is 15.4 Å². The maximum Gasteiger partial charge on any atom is 0.121 e. The van der Waals surface area contributed by atoms with E-state index in [9.17, 15) is 0 Å². The van der Waals surface area contributed by atoms with Gasteiger partial charge in [0.1, 0.15) is 5.75 Å². The van der Waals surface area contributed by atoms with E-state index in [4.69, 9.17) is 4.74 Å². The van der Waals surface area contributed by atoms with Crippen molar-refractivity contribution in [2.45, 2.75) is 18.9 Å². The summed E-state index contributed by atoms with van der Waals surface area (Å²) in [5, 5.41) is 6.91. The van der Waals surface area contributed by atoms with Crippen molar-refractivity contribution in [3.63, 3.8) is 0 Å². The number of nitrogens with one attached hydrogen (secondary N) is 2. The zero-order valence-corrected chi connectivity index (χ0v) is 11.0. The van der Waals surface area contributed by atoms with Crippen LogP contribution in [0.15, 0.2) is 22.7 Å². The molecule has 0 bridgehead atoms. The Morgan fingerprint density at radius 1 is 1.56 bits per heavy atom. The highest BCUT2D eigenvalue weighted by atomic mass is 79.9. The van der Waals surface area contributed by atoms with Gasteiger partial charge in [-0.15, -0.1) is 0 Å². The normalized spacial score (nSPS) is 19.8. The monoisotopic (exact) mass is 284 g/mol. The van der Waals surface area contributed by atoms with E-state index < -0.39 is 0 Å². The lowest BCUT2D eigenvalue weighted by Crippen LogP contribution is -2.29. The fourth-order valence-electron chi connectivity index (χ4n) is 1.93. The molecule has 0 amide bonds. The Balaban J connectivity index is 1.96. The Morgan fingerprint density at radius 3 is 3.12 bits per heavy atom. The van der Waals surface area contributed by atoms with Crippen LogP contribution in [0.2, 0.25) is 0 Å². The molecule has 0 aromatic heterocycles. The molecule has 1 aromatic rings. The van der Waals surface area contributed by atoms with Crippen molar-refractivity contribution in [3.8, 4) is 5.75 Å². The van der Waals surface area contributed by atoms with Crippen LogP contribution in [-0.2, 0) is 0 Å². The van der Waals surface area contributed by atoms with Gasteiger partial charge in [-0.25, -0.2) is 0 Å². The van der Waals surface area contributed by atoms with Gasteiger partial charge in [0.25, 0.3) is 0 Å². The predicted octanol–water partition coefficient (Wildman–Crippen LogP) is 2.62. The molecule has 1 atom stereocenters. The highest BCUT2D eigenvalue weighted by Gasteiger charge is 2.13. The number of hydrogen-bond donors (Lipinski definition) is 2. The third kappa shape index (κ3) is 2.89. The minimum Gasteiger partial charge on any atom is -0.497 e. The van der Waals surface area contributed by atoms with Gasteiger partial charge in [0.2, 0.25) is 0 Å². The van der Waals surface area contributed by atoms with E-state index in [1.54, 1.807) is 7.11 Å². The summed E-state index contributed by atoms with van der Waals surface area (Å²) in [4.78, 5) is 0. The van der Waals surface area contributed by atoms with Crippen LogP contribution in [0, 0.1) is 0 Å². The molecule has 16 heavy (non-hydrogen) atoms. The van der Waals surface area contributed by atoms with Crippen LogP contribution in [0.3, 0.4) is 0 Å². The summed E-state index contributed by atoms with van der Waals surface area (Å²) in [6, 6.07) is 6.56. The Kier molecular flexibility index (Phi) is 4.07. The minimum absolute atomic E-state index is 0.595. The minimum atomic E-state index is 0.595. The van der Waals surface area contributed by atoms with Crippen LogP contribution < -0.4 is 15.4 Å². The van der Waals surface area contributed by atoms with Gasteiger partial charge in [-0.3, -0.25) is 0 Å². The largest absolute Gasteiger partial charge is 0.497 e. The number of methoxy groups -OCH3 is 1. The first-order valence-corrected chi connectivity index (χ1v) is 6.39. The van der Waals surface area contributed by atoms with Crippen molar-refractivity contribution < 1.29 is 4.74 Å². The number of rotatable bonds is 4. The molecule has 0 saturated carbocycles. The van der Waals surface area contributed by atoms with Gasteiger partial charge in [0, 0.05) is 23.1 Å². The summed E-state index contributed by atoms with van der Waals surface area (Å²) in [5.74, 6) is 0.880. The number of ether oxygens (including phenoxy) is 1. The van der Waals surface area contributed by atoms with E-state index in [-0.39, 0.29) is 0 Å². The molecule has 1 heterocycles. The highest BCUT2D eigenvalue weighted by molar-refractivity contribution is 9.10. The molecular formula is C12H17BrN2O. The molecule has 0 aliphatic carbocycles. The summed E-state index contributed by atoms with van der Waals surface area (Å²) in [6.07, 6.45) is 2.54. The molecule has 3 nitrogen and oxygen atoms in total. The average molecular weight is 285 g/mol. The summed E-state index contributed by atoms with van der Waals surface area (Å²) in [7, 11) is 1.69. The van der Waals surface area contributed by atoms with Crippen LogP contribution in [0.25, 0.3) is 0 Å². The molecule has 1 aromatic carbocycles. The standard InChI is InChI=1S/C12H17BrN2O/c1-16-10-4-5-11(13)12(7-10)15-8-9-3-2-6-14-9/h4-5,7,9,14-15H,2-3,6,8H2,1H3. The van der Waals surface area contributed by atoms with Crippen molar-refractivity contribution in [1.29, 1.82) is 0 Å². The molecule has 0 spiro atoms. The molecule has 1 fully saturated rings. The Morgan fingerprint density at radius 2 is 2.44 bits per heavy atom. The van der Waals surface area contributed by atoms with Crippen LogP contribution in [0.5, 0.6) is 5.75 Å². The molecule has 1 aliphatic heterocycles. The zero-order chi connectivity index (χ0) is 11.4. The molecule has 88 valence electrons. The van der Waals surface area contributed by atoms with E-state index in [0.717, 1.165) is 29.0 Å². The molecule has 2 N–H and O–H groups in total. The Labute approximate surface area is 105 Å². The summed E-state index contributed by atoms with van der Waals surface area (Å²) >= 11 is 3.53. The van der Waals surface area contributed by atoms with Crippen molar-refractivity contribution in [2.75, 3.05) is 25.5 Å². The first kappa shape index (κ1) is 11.7. The second-order valence-electron chi connectivity index (χ2n) is 4.02. The fourth-order valence-corrected chi connectivity index (χ4v) is 2.32. The lowest BCUT2D eigenvalue weighted by Gasteiger charge is -2.14. The summed E-state index contributed by atoms with van der Waals surface area (Å²) in [6.45, 7) is 2.11. The summed E-state index contributed by atoms with van der Waals surface area (Å²) in [5.41, 5.74) is 1.09.